The fourth-order valence-electron chi connectivity index (χ4n) is 2.44. The van der Waals surface area contributed by atoms with Gasteiger partial charge in [0.05, 0.1) is 15.6 Å². The second-order valence-corrected chi connectivity index (χ2v) is 5.96. The molecule has 0 fully saturated rings. The summed E-state index contributed by atoms with van der Waals surface area (Å²) in [5, 5.41) is 0.327. The lowest BCUT2D eigenvalue weighted by atomic mass is 9.93. The zero-order valence-electron chi connectivity index (χ0n) is 12.5. The third kappa shape index (κ3) is 3.12. The highest BCUT2D eigenvalue weighted by molar-refractivity contribution is 6.45. The lowest BCUT2D eigenvalue weighted by molar-refractivity contribution is 0.100. The summed E-state index contributed by atoms with van der Waals surface area (Å²) in [6.07, 6.45) is 0. The van der Waals surface area contributed by atoms with Crippen LogP contribution in [0.15, 0.2) is 72.8 Å². The molecule has 0 aliphatic heterocycles. The van der Waals surface area contributed by atoms with Gasteiger partial charge >= 0.3 is 0 Å². The lowest BCUT2D eigenvalue weighted by Gasteiger charge is -2.11. The minimum atomic E-state index is -0.331. The highest BCUT2D eigenvalue weighted by Gasteiger charge is 2.23. The van der Waals surface area contributed by atoms with Gasteiger partial charge in [-0.3, -0.25) is 9.59 Å². The number of hydrogen-bond acceptors (Lipinski definition) is 2. The molecule has 24 heavy (non-hydrogen) atoms. The smallest absolute Gasteiger partial charge is 0.195 e. The van der Waals surface area contributed by atoms with E-state index in [0.717, 1.165) is 0 Å². The summed E-state index contributed by atoms with van der Waals surface area (Å²) in [5.74, 6) is -0.601. The first-order chi connectivity index (χ1) is 11.6. The van der Waals surface area contributed by atoms with Crippen LogP contribution in [0.3, 0.4) is 0 Å². The van der Waals surface area contributed by atoms with Crippen LogP contribution in [0, 0.1) is 0 Å². The van der Waals surface area contributed by atoms with Crippen molar-refractivity contribution >= 4 is 34.8 Å². The maximum atomic E-state index is 12.9. The Balaban J connectivity index is 2.16. The molecule has 0 N–H and O–H groups in total. The van der Waals surface area contributed by atoms with Crippen molar-refractivity contribution in [1.29, 1.82) is 0 Å². The topological polar surface area (TPSA) is 34.1 Å². The van der Waals surface area contributed by atoms with E-state index in [1.165, 1.54) is 6.07 Å². The summed E-state index contributed by atoms with van der Waals surface area (Å²) in [6.45, 7) is 0. The molecular formula is C20H12Cl2O2. The molecule has 0 bridgehead atoms. The average molecular weight is 355 g/mol. The third-order valence-corrected chi connectivity index (χ3v) is 4.44. The number of halogens is 2. The maximum absolute atomic E-state index is 12.9. The lowest BCUT2D eigenvalue weighted by Crippen LogP contribution is -2.12. The van der Waals surface area contributed by atoms with E-state index in [1.807, 2.05) is 12.1 Å². The molecule has 0 radical (unpaired) electrons. The van der Waals surface area contributed by atoms with Crippen molar-refractivity contribution in [1.82, 2.24) is 0 Å². The van der Waals surface area contributed by atoms with E-state index in [0.29, 0.717) is 11.1 Å². The zero-order chi connectivity index (χ0) is 17.1. The Kier molecular flexibility index (Phi) is 4.79. The predicted octanol–water partition coefficient (Wildman–Crippen LogP) is 5.46. The van der Waals surface area contributed by atoms with Crippen molar-refractivity contribution in [3.63, 3.8) is 0 Å². The summed E-state index contributed by atoms with van der Waals surface area (Å²) in [5.41, 5.74) is 1.30. The molecule has 2 nitrogen and oxygen atoms in total. The number of hydrogen-bond donors (Lipinski definition) is 0. The molecule has 0 heterocycles. The standard InChI is InChI=1S/C20H12Cl2O2/c21-16-12-11-15(19(23)13-7-3-1-4-8-13)17(18(16)22)20(24)14-9-5-2-6-10-14/h1-12H. The Hall–Kier alpha value is -2.42. The van der Waals surface area contributed by atoms with Crippen molar-refractivity contribution in [2.75, 3.05) is 0 Å². The van der Waals surface area contributed by atoms with Gasteiger partial charge in [-0.15, -0.1) is 0 Å². The minimum absolute atomic E-state index is 0.0901. The largest absolute Gasteiger partial charge is 0.289 e. The Labute approximate surface area is 149 Å². The molecule has 118 valence electrons. The van der Waals surface area contributed by atoms with Gasteiger partial charge in [-0.1, -0.05) is 83.9 Å². The molecule has 3 rings (SSSR count). The molecule has 0 amide bonds. The molecule has 0 unspecified atom stereocenters. The minimum Gasteiger partial charge on any atom is -0.289 e. The van der Waals surface area contributed by atoms with Gasteiger partial charge in [0.15, 0.2) is 11.6 Å². The fourth-order valence-corrected chi connectivity index (χ4v) is 2.85. The first kappa shape index (κ1) is 16.4. The van der Waals surface area contributed by atoms with Gasteiger partial charge in [-0.2, -0.15) is 0 Å². The highest BCUT2D eigenvalue weighted by Crippen LogP contribution is 2.31. The van der Waals surface area contributed by atoms with Crippen LogP contribution in [0.25, 0.3) is 0 Å². The van der Waals surface area contributed by atoms with E-state index < -0.39 is 0 Å². The van der Waals surface area contributed by atoms with Crippen molar-refractivity contribution in [2.24, 2.45) is 0 Å². The number of carbonyl (C=O) groups excluding carboxylic acids is 2. The monoisotopic (exact) mass is 354 g/mol. The van der Waals surface area contributed by atoms with Crippen LogP contribution in [-0.4, -0.2) is 11.6 Å². The van der Waals surface area contributed by atoms with Crippen LogP contribution in [0.2, 0.25) is 10.0 Å². The molecular weight excluding hydrogens is 343 g/mol. The summed E-state index contributed by atoms with van der Waals surface area (Å²) in [6, 6.07) is 20.5. The van der Waals surface area contributed by atoms with Gasteiger partial charge in [0.1, 0.15) is 0 Å². The van der Waals surface area contributed by atoms with Gasteiger partial charge in [0, 0.05) is 16.7 Å². The van der Waals surface area contributed by atoms with Gasteiger partial charge < -0.3 is 0 Å². The number of ketones is 2. The molecule has 0 saturated heterocycles. The highest BCUT2D eigenvalue weighted by atomic mass is 35.5. The van der Waals surface area contributed by atoms with Gasteiger partial charge in [-0.25, -0.2) is 0 Å². The van der Waals surface area contributed by atoms with Crippen LogP contribution in [0.4, 0.5) is 0 Å². The van der Waals surface area contributed by atoms with Gasteiger partial charge in [0.2, 0.25) is 0 Å². The Morgan fingerprint density at radius 1 is 0.625 bits per heavy atom. The second kappa shape index (κ2) is 7.00. The summed E-state index contributed by atoms with van der Waals surface area (Å²) in [7, 11) is 0. The Morgan fingerprint density at radius 3 is 1.67 bits per heavy atom. The van der Waals surface area contributed by atoms with Crippen molar-refractivity contribution in [3.05, 3.63) is 105 Å². The van der Waals surface area contributed by atoms with E-state index in [-0.39, 0.29) is 32.7 Å². The summed E-state index contributed by atoms with van der Waals surface area (Å²) in [4.78, 5) is 25.7. The average Bonchev–Trinajstić information content (AvgIpc) is 2.64. The van der Waals surface area contributed by atoms with Gasteiger partial charge in [0.25, 0.3) is 0 Å². The normalized spacial score (nSPS) is 10.4. The number of carbonyl (C=O) groups is 2. The van der Waals surface area contributed by atoms with Gasteiger partial charge in [-0.05, 0) is 12.1 Å². The number of benzene rings is 3. The molecule has 0 aromatic heterocycles. The molecule has 4 heteroatoms. The van der Waals surface area contributed by atoms with Crippen LogP contribution >= 0.6 is 23.2 Å². The predicted molar refractivity (Wildman–Crippen MR) is 96.2 cm³/mol. The maximum Gasteiger partial charge on any atom is 0.195 e. The fraction of sp³-hybridized carbons (Fsp3) is 0. The quantitative estimate of drug-likeness (QED) is 0.583. The van der Waals surface area contributed by atoms with Crippen LogP contribution < -0.4 is 0 Å². The molecule has 3 aromatic carbocycles. The second-order valence-electron chi connectivity index (χ2n) is 5.17. The SMILES string of the molecule is O=C(c1ccccc1)c1ccc(Cl)c(Cl)c1C(=O)c1ccccc1. The van der Waals surface area contributed by atoms with Crippen molar-refractivity contribution < 1.29 is 9.59 Å². The van der Waals surface area contributed by atoms with E-state index in [4.69, 9.17) is 23.2 Å². The van der Waals surface area contributed by atoms with E-state index >= 15 is 0 Å². The van der Waals surface area contributed by atoms with E-state index in [9.17, 15) is 9.59 Å². The Morgan fingerprint density at radius 2 is 1.12 bits per heavy atom. The van der Waals surface area contributed by atoms with E-state index in [2.05, 4.69) is 0 Å². The van der Waals surface area contributed by atoms with Crippen molar-refractivity contribution in [2.45, 2.75) is 0 Å². The van der Waals surface area contributed by atoms with Crippen LogP contribution in [0.1, 0.15) is 31.8 Å². The van der Waals surface area contributed by atoms with Crippen LogP contribution in [0.5, 0.6) is 0 Å². The molecule has 0 aliphatic rings. The first-order valence-electron chi connectivity index (χ1n) is 7.27. The molecule has 0 saturated carbocycles. The number of rotatable bonds is 4. The molecule has 3 aromatic rings. The first-order valence-corrected chi connectivity index (χ1v) is 8.02. The zero-order valence-corrected chi connectivity index (χ0v) is 14.0. The molecule has 0 aliphatic carbocycles. The summed E-state index contributed by atoms with van der Waals surface area (Å²) < 4.78 is 0. The molecule has 0 spiro atoms. The van der Waals surface area contributed by atoms with Crippen molar-refractivity contribution in [3.8, 4) is 0 Å². The Bertz CT molecular complexity index is 904. The molecule has 0 atom stereocenters. The van der Waals surface area contributed by atoms with E-state index in [1.54, 1.807) is 54.6 Å². The van der Waals surface area contributed by atoms with Crippen LogP contribution in [-0.2, 0) is 0 Å². The third-order valence-electron chi connectivity index (χ3n) is 3.64. The summed E-state index contributed by atoms with van der Waals surface area (Å²) >= 11 is 12.3.